The molecule has 0 bridgehead atoms. The normalized spacial score (nSPS) is 25.5. The third-order valence-corrected chi connectivity index (χ3v) is 4.62. The molecule has 2 aliphatic rings. The van der Waals surface area contributed by atoms with Gasteiger partial charge in [-0.2, -0.15) is 0 Å². The molecule has 2 aliphatic heterocycles. The van der Waals surface area contributed by atoms with E-state index in [-0.39, 0.29) is 12.0 Å². The van der Waals surface area contributed by atoms with E-state index in [4.69, 9.17) is 4.74 Å². The van der Waals surface area contributed by atoms with Crippen LogP contribution in [0.4, 0.5) is 0 Å². The summed E-state index contributed by atoms with van der Waals surface area (Å²) in [5, 5.41) is 3.05. The number of piperidine rings is 1. The summed E-state index contributed by atoms with van der Waals surface area (Å²) >= 11 is 0. The molecule has 2 saturated heterocycles. The van der Waals surface area contributed by atoms with Crippen LogP contribution in [0.2, 0.25) is 0 Å². The van der Waals surface area contributed by atoms with Gasteiger partial charge in [0.2, 0.25) is 5.91 Å². The van der Waals surface area contributed by atoms with Gasteiger partial charge in [-0.1, -0.05) is 20.8 Å². The Hall–Kier alpha value is -0.650. The molecule has 128 valence electrons. The number of ether oxygens (including phenoxy) is 1. The molecule has 2 fully saturated rings. The van der Waals surface area contributed by atoms with Crippen LogP contribution in [0.5, 0.6) is 0 Å². The largest absolute Gasteiger partial charge is 0.374 e. The molecule has 0 aromatic rings. The maximum atomic E-state index is 12.1. The van der Waals surface area contributed by atoms with Gasteiger partial charge in [-0.3, -0.25) is 14.6 Å². The minimum Gasteiger partial charge on any atom is -0.374 e. The zero-order valence-corrected chi connectivity index (χ0v) is 14.5. The van der Waals surface area contributed by atoms with Crippen LogP contribution in [0.15, 0.2) is 0 Å². The van der Waals surface area contributed by atoms with E-state index in [0.29, 0.717) is 19.0 Å². The molecule has 0 aliphatic carbocycles. The highest BCUT2D eigenvalue weighted by atomic mass is 16.5. The van der Waals surface area contributed by atoms with Gasteiger partial charge < -0.3 is 10.1 Å². The van der Waals surface area contributed by atoms with E-state index in [1.165, 1.54) is 12.8 Å². The van der Waals surface area contributed by atoms with Gasteiger partial charge in [-0.05, 0) is 37.8 Å². The van der Waals surface area contributed by atoms with Crippen molar-refractivity contribution in [1.29, 1.82) is 0 Å². The molecule has 0 aromatic heterocycles. The molecule has 0 saturated carbocycles. The number of carbonyl (C=O) groups excluding carboxylic acids is 1. The SMILES string of the molecule is CC(C)CN1CCOC(CNC(=O)CN2CCC(C)CC2)C1. The molecule has 1 N–H and O–H groups in total. The van der Waals surface area contributed by atoms with Crippen LogP contribution in [0, 0.1) is 11.8 Å². The smallest absolute Gasteiger partial charge is 0.234 e. The Morgan fingerprint density at radius 3 is 2.64 bits per heavy atom. The lowest BCUT2D eigenvalue weighted by atomic mass is 9.99. The van der Waals surface area contributed by atoms with Gasteiger partial charge in [0, 0.05) is 26.2 Å². The van der Waals surface area contributed by atoms with Crippen molar-refractivity contribution < 1.29 is 9.53 Å². The first-order valence-electron chi connectivity index (χ1n) is 8.86. The Labute approximate surface area is 135 Å². The lowest BCUT2D eigenvalue weighted by Crippen LogP contribution is -2.49. The molecule has 2 rings (SSSR count). The first kappa shape index (κ1) is 17.7. The molecular formula is C17H33N3O2. The molecule has 2 heterocycles. The van der Waals surface area contributed by atoms with E-state index < -0.39 is 0 Å². The summed E-state index contributed by atoms with van der Waals surface area (Å²) in [5.41, 5.74) is 0. The predicted octanol–water partition coefficient (Wildman–Crippen LogP) is 1.19. The van der Waals surface area contributed by atoms with E-state index in [9.17, 15) is 4.79 Å². The van der Waals surface area contributed by atoms with E-state index in [2.05, 4.69) is 35.9 Å². The van der Waals surface area contributed by atoms with E-state index in [1.54, 1.807) is 0 Å². The van der Waals surface area contributed by atoms with Crippen LogP contribution in [-0.2, 0) is 9.53 Å². The summed E-state index contributed by atoms with van der Waals surface area (Å²) in [6.07, 6.45) is 2.56. The van der Waals surface area contributed by atoms with Crippen molar-refractivity contribution in [2.75, 3.05) is 52.4 Å². The highest BCUT2D eigenvalue weighted by Gasteiger charge is 2.22. The van der Waals surface area contributed by atoms with Crippen LogP contribution in [0.1, 0.15) is 33.6 Å². The van der Waals surface area contributed by atoms with Crippen molar-refractivity contribution in [2.24, 2.45) is 11.8 Å². The second-order valence-corrected chi connectivity index (χ2v) is 7.41. The topological polar surface area (TPSA) is 44.8 Å². The van der Waals surface area contributed by atoms with E-state index >= 15 is 0 Å². The zero-order chi connectivity index (χ0) is 15.9. The Bertz CT molecular complexity index is 341. The first-order valence-corrected chi connectivity index (χ1v) is 8.86. The number of rotatable bonds is 6. The number of nitrogens with zero attached hydrogens (tertiary/aromatic N) is 2. The van der Waals surface area contributed by atoms with Crippen LogP contribution in [0.25, 0.3) is 0 Å². The van der Waals surface area contributed by atoms with Crippen LogP contribution >= 0.6 is 0 Å². The summed E-state index contributed by atoms with van der Waals surface area (Å²) in [5.74, 6) is 1.62. The molecule has 1 atom stereocenters. The molecule has 1 unspecified atom stereocenters. The number of nitrogens with one attached hydrogen (secondary N) is 1. The van der Waals surface area contributed by atoms with E-state index in [0.717, 1.165) is 45.2 Å². The fourth-order valence-electron chi connectivity index (χ4n) is 3.29. The van der Waals surface area contributed by atoms with Crippen molar-refractivity contribution >= 4 is 5.91 Å². The quantitative estimate of drug-likeness (QED) is 0.800. The highest BCUT2D eigenvalue weighted by molar-refractivity contribution is 5.78. The van der Waals surface area contributed by atoms with Crippen molar-refractivity contribution in [3.8, 4) is 0 Å². The summed E-state index contributed by atoms with van der Waals surface area (Å²) < 4.78 is 5.77. The average Bonchev–Trinajstić information content (AvgIpc) is 2.47. The summed E-state index contributed by atoms with van der Waals surface area (Å²) in [6, 6.07) is 0. The number of hydrogen-bond donors (Lipinski definition) is 1. The van der Waals surface area contributed by atoms with Crippen molar-refractivity contribution in [2.45, 2.75) is 39.7 Å². The number of hydrogen-bond acceptors (Lipinski definition) is 4. The molecule has 1 amide bonds. The second kappa shape index (κ2) is 8.85. The van der Waals surface area contributed by atoms with Crippen molar-refractivity contribution in [3.63, 3.8) is 0 Å². The Morgan fingerprint density at radius 1 is 1.23 bits per heavy atom. The minimum absolute atomic E-state index is 0.137. The molecule has 0 aromatic carbocycles. The zero-order valence-electron chi connectivity index (χ0n) is 14.5. The fourth-order valence-corrected chi connectivity index (χ4v) is 3.29. The second-order valence-electron chi connectivity index (χ2n) is 7.41. The van der Waals surface area contributed by atoms with Gasteiger partial charge in [0.1, 0.15) is 0 Å². The van der Waals surface area contributed by atoms with Gasteiger partial charge in [0.25, 0.3) is 0 Å². The van der Waals surface area contributed by atoms with Gasteiger partial charge in [-0.15, -0.1) is 0 Å². The molecular weight excluding hydrogens is 278 g/mol. The Balaban J connectivity index is 1.63. The minimum atomic E-state index is 0.137. The molecule has 0 spiro atoms. The third kappa shape index (κ3) is 6.23. The molecule has 5 nitrogen and oxygen atoms in total. The summed E-state index contributed by atoms with van der Waals surface area (Å²) in [7, 11) is 0. The maximum absolute atomic E-state index is 12.1. The number of morpholine rings is 1. The van der Waals surface area contributed by atoms with Crippen LogP contribution < -0.4 is 5.32 Å². The number of likely N-dealkylation sites (tertiary alicyclic amines) is 1. The summed E-state index contributed by atoms with van der Waals surface area (Å²) in [6.45, 7) is 13.9. The molecule has 22 heavy (non-hydrogen) atoms. The third-order valence-electron chi connectivity index (χ3n) is 4.62. The molecule has 5 heteroatoms. The van der Waals surface area contributed by atoms with Gasteiger partial charge in [0.15, 0.2) is 0 Å². The summed E-state index contributed by atoms with van der Waals surface area (Å²) in [4.78, 5) is 16.8. The fraction of sp³-hybridized carbons (Fsp3) is 0.941. The highest BCUT2D eigenvalue weighted by Crippen LogP contribution is 2.15. The maximum Gasteiger partial charge on any atom is 0.234 e. The Kier molecular flexibility index (Phi) is 7.12. The average molecular weight is 311 g/mol. The predicted molar refractivity (Wildman–Crippen MR) is 88.9 cm³/mol. The first-order chi connectivity index (χ1) is 10.5. The van der Waals surface area contributed by atoms with E-state index in [1.807, 2.05) is 0 Å². The van der Waals surface area contributed by atoms with Gasteiger partial charge >= 0.3 is 0 Å². The van der Waals surface area contributed by atoms with Gasteiger partial charge in [0.05, 0.1) is 19.3 Å². The lowest BCUT2D eigenvalue weighted by molar-refractivity contribution is -0.123. The monoisotopic (exact) mass is 311 g/mol. The lowest BCUT2D eigenvalue weighted by Gasteiger charge is -2.34. The standard InChI is InChI=1S/C17H33N3O2/c1-14(2)11-20-8-9-22-16(12-20)10-18-17(21)13-19-6-4-15(3)5-7-19/h14-16H,4-13H2,1-3H3,(H,18,21). The number of carbonyl (C=O) groups is 1. The van der Waals surface area contributed by atoms with Crippen LogP contribution in [0.3, 0.4) is 0 Å². The van der Waals surface area contributed by atoms with Gasteiger partial charge in [-0.25, -0.2) is 0 Å². The molecule has 0 radical (unpaired) electrons. The van der Waals surface area contributed by atoms with Crippen molar-refractivity contribution in [1.82, 2.24) is 15.1 Å². The van der Waals surface area contributed by atoms with Crippen LogP contribution in [-0.4, -0.2) is 74.2 Å². The number of amides is 1. The van der Waals surface area contributed by atoms with Crippen molar-refractivity contribution in [3.05, 3.63) is 0 Å². The Morgan fingerprint density at radius 2 is 1.95 bits per heavy atom.